The van der Waals surface area contributed by atoms with Crippen LogP contribution in [-0.2, 0) is 14.4 Å². The molecule has 1 unspecified atom stereocenters. The zero-order chi connectivity index (χ0) is 19.4. The lowest BCUT2D eigenvalue weighted by Crippen LogP contribution is -2.45. The molecule has 1 aromatic rings. The number of thioether (sulfide) groups is 1. The Morgan fingerprint density at radius 3 is 2.50 bits per heavy atom. The average molecular weight is 393 g/mol. The van der Waals surface area contributed by atoms with Gasteiger partial charge in [-0.05, 0) is 30.7 Å². The highest BCUT2D eigenvalue weighted by atomic mass is 32.2. The predicted molar refractivity (Wildman–Crippen MR) is 106 cm³/mol. The Labute approximate surface area is 161 Å². The first-order chi connectivity index (χ1) is 12.2. The van der Waals surface area contributed by atoms with Crippen molar-refractivity contribution in [3.63, 3.8) is 0 Å². The van der Waals surface area contributed by atoms with Crippen LogP contribution in [0.15, 0.2) is 29.2 Å². The van der Waals surface area contributed by atoms with E-state index in [0.717, 1.165) is 23.0 Å². The Balaban J connectivity index is 2.08. The molecule has 1 heterocycles. The number of rotatable bonds is 6. The van der Waals surface area contributed by atoms with Crippen LogP contribution < -0.4 is 10.2 Å². The molecule has 1 saturated heterocycles. The van der Waals surface area contributed by atoms with Gasteiger partial charge in [0.1, 0.15) is 16.9 Å². The molecule has 2 rings (SSSR count). The first kappa shape index (κ1) is 19.9. The zero-order valence-corrected chi connectivity index (χ0v) is 16.2. The zero-order valence-electron chi connectivity index (χ0n) is 14.6. The van der Waals surface area contributed by atoms with Crippen LogP contribution in [0, 0.1) is 0 Å². The summed E-state index contributed by atoms with van der Waals surface area (Å²) in [4.78, 5) is 38.8. The van der Waals surface area contributed by atoms with Crippen molar-refractivity contribution >= 4 is 57.8 Å². The molecule has 26 heavy (non-hydrogen) atoms. The van der Waals surface area contributed by atoms with Gasteiger partial charge in [0.2, 0.25) is 5.91 Å². The fourth-order valence-electron chi connectivity index (χ4n) is 2.15. The summed E-state index contributed by atoms with van der Waals surface area (Å²) in [6.07, 6.45) is 1.72. The summed E-state index contributed by atoms with van der Waals surface area (Å²) in [7, 11) is 3.88. The summed E-state index contributed by atoms with van der Waals surface area (Å²) in [5.41, 5.74) is 1.89. The number of hydrogen-bond donors (Lipinski definition) is 2. The number of benzene rings is 1. The molecule has 9 heteroatoms. The summed E-state index contributed by atoms with van der Waals surface area (Å²) >= 11 is 6.29. The van der Waals surface area contributed by atoms with Crippen LogP contribution in [0.4, 0.5) is 5.69 Å². The molecule has 2 amide bonds. The Kier molecular flexibility index (Phi) is 6.38. The minimum atomic E-state index is -1.15. The second kappa shape index (κ2) is 8.33. The van der Waals surface area contributed by atoms with Crippen LogP contribution in [0.25, 0.3) is 6.08 Å². The van der Waals surface area contributed by atoms with Crippen LogP contribution in [0.5, 0.6) is 0 Å². The molecule has 0 bridgehead atoms. The normalized spacial score (nSPS) is 16.7. The number of nitrogens with zero attached hydrogens (tertiary/aromatic N) is 2. The number of hydrogen-bond acceptors (Lipinski definition) is 6. The molecular weight excluding hydrogens is 374 g/mol. The van der Waals surface area contributed by atoms with E-state index in [1.54, 1.807) is 6.08 Å². The maximum Gasteiger partial charge on any atom is 0.325 e. The van der Waals surface area contributed by atoms with Gasteiger partial charge in [-0.1, -0.05) is 36.1 Å². The molecule has 0 radical (unpaired) electrons. The van der Waals surface area contributed by atoms with Gasteiger partial charge in [-0.2, -0.15) is 0 Å². The number of carbonyl (C=O) groups excluding carboxylic acids is 2. The fraction of sp³-hybridized carbons (Fsp3) is 0.294. The van der Waals surface area contributed by atoms with Gasteiger partial charge < -0.3 is 15.3 Å². The van der Waals surface area contributed by atoms with Crippen LogP contribution in [0.3, 0.4) is 0 Å². The Morgan fingerprint density at radius 1 is 1.35 bits per heavy atom. The van der Waals surface area contributed by atoms with E-state index in [0.29, 0.717) is 4.91 Å². The third kappa shape index (κ3) is 4.83. The third-order valence-corrected chi connectivity index (χ3v) is 5.01. The van der Waals surface area contributed by atoms with E-state index in [2.05, 4.69) is 5.32 Å². The second-order valence-corrected chi connectivity index (χ2v) is 7.56. The van der Waals surface area contributed by atoms with E-state index in [1.165, 1.54) is 11.8 Å². The topological polar surface area (TPSA) is 90.0 Å². The predicted octanol–water partition coefficient (Wildman–Crippen LogP) is 1.54. The molecule has 138 valence electrons. The smallest absolute Gasteiger partial charge is 0.325 e. The van der Waals surface area contributed by atoms with Gasteiger partial charge in [0, 0.05) is 19.8 Å². The maximum absolute atomic E-state index is 12.5. The number of aliphatic carboxylic acids is 1. The summed E-state index contributed by atoms with van der Waals surface area (Å²) in [6, 6.07) is 6.62. The fourth-order valence-corrected chi connectivity index (χ4v) is 3.40. The largest absolute Gasteiger partial charge is 0.480 e. The van der Waals surface area contributed by atoms with Crippen molar-refractivity contribution in [1.82, 2.24) is 10.2 Å². The lowest BCUT2D eigenvalue weighted by molar-refractivity contribution is -0.141. The minimum Gasteiger partial charge on any atom is -0.480 e. The van der Waals surface area contributed by atoms with Crippen molar-refractivity contribution in [3.8, 4) is 0 Å². The monoisotopic (exact) mass is 393 g/mol. The van der Waals surface area contributed by atoms with Crippen LogP contribution in [-0.4, -0.2) is 58.8 Å². The molecule has 0 aliphatic carbocycles. The van der Waals surface area contributed by atoms with E-state index in [9.17, 15) is 14.4 Å². The van der Waals surface area contributed by atoms with E-state index < -0.39 is 17.9 Å². The minimum absolute atomic E-state index is 0.268. The van der Waals surface area contributed by atoms with Gasteiger partial charge in [-0.15, -0.1) is 0 Å². The second-order valence-electron chi connectivity index (χ2n) is 5.88. The Bertz CT molecular complexity index is 775. The molecule has 1 fully saturated rings. The van der Waals surface area contributed by atoms with Crippen molar-refractivity contribution in [2.24, 2.45) is 0 Å². The lowest BCUT2D eigenvalue weighted by atomic mass is 10.2. The average Bonchev–Trinajstić information content (AvgIpc) is 2.82. The first-order valence-corrected chi connectivity index (χ1v) is 8.96. The molecule has 0 aromatic heterocycles. The van der Waals surface area contributed by atoms with Gasteiger partial charge in [-0.3, -0.25) is 19.3 Å². The van der Waals surface area contributed by atoms with Gasteiger partial charge in [0.05, 0.1) is 4.91 Å². The van der Waals surface area contributed by atoms with Gasteiger partial charge in [0.25, 0.3) is 5.91 Å². The SMILES string of the molecule is CC(NC(=O)CN1C(=O)/C(=C/c2ccc(N(C)C)cc2)SC1=S)C(=O)O. The summed E-state index contributed by atoms with van der Waals surface area (Å²) in [5, 5.41) is 11.1. The number of carboxylic acids is 1. The van der Waals surface area contributed by atoms with Crippen LogP contribution in [0.2, 0.25) is 0 Å². The number of carbonyl (C=O) groups is 3. The molecule has 1 aliphatic rings. The van der Waals surface area contributed by atoms with Gasteiger partial charge in [-0.25, -0.2) is 0 Å². The molecule has 7 nitrogen and oxygen atoms in total. The van der Waals surface area contributed by atoms with E-state index in [1.807, 2.05) is 43.3 Å². The van der Waals surface area contributed by atoms with Crippen molar-refractivity contribution in [2.75, 3.05) is 25.5 Å². The Hall–Kier alpha value is -2.39. The molecule has 0 spiro atoms. The summed E-state index contributed by atoms with van der Waals surface area (Å²) in [6.45, 7) is 1.04. The van der Waals surface area contributed by atoms with Gasteiger partial charge >= 0.3 is 5.97 Å². The highest BCUT2D eigenvalue weighted by Gasteiger charge is 2.33. The van der Waals surface area contributed by atoms with Crippen molar-refractivity contribution < 1.29 is 19.5 Å². The molecule has 2 N–H and O–H groups in total. The van der Waals surface area contributed by atoms with E-state index in [-0.39, 0.29) is 16.8 Å². The van der Waals surface area contributed by atoms with E-state index in [4.69, 9.17) is 17.3 Å². The van der Waals surface area contributed by atoms with Crippen LogP contribution >= 0.6 is 24.0 Å². The van der Waals surface area contributed by atoms with Gasteiger partial charge in [0.15, 0.2) is 0 Å². The summed E-state index contributed by atoms with van der Waals surface area (Å²) in [5.74, 6) is -2.09. The number of carboxylic acid groups (broad SMARTS) is 1. The molecule has 1 aliphatic heterocycles. The quantitative estimate of drug-likeness (QED) is 0.560. The number of amides is 2. The Morgan fingerprint density at radius 2 is 1.96 bits per heavy atom. The van der Waals surface area contributed by atoms with Crippen molar-refractivity contribution in [3.05, 3.63) is 34.7 Å². The molecule has 1 aromatic carbocycles. The molecular formula is C17H19N3O4S2. The van der Waals surface area contributed by atoms with Crippen molar-refractivity contribution in [1.29, 1.82) is 0 Å². The first-order valence-electron chi connectivity index (χ1n) is 7.74. The van der Waals surface area contributed by atoms with Crippen LogP contribution in [0.1, 0.15) is 12.5 Å². The van der Waals surface area contributed by atoms with E-state index >= 15 is 0 Å². The lowest BCUT2D eigenvalue weighted by Gasteiger charge is -2.15. The third-order valence-electron chi connectivity index (χ3n) is 3.63. The number of nitrogens with one attached hydrogen (secondary N) is 1. The highest BCUT2D eigenvalue weighted by Crippen LogP contribution is 2.32. The highest BCUT2D eigenvalue weighted by molar-refractivity contribution is 8.26. The standard InChI is InChI=1S/C17H19N3O4S2/c1-10(16(23)24)18-14(21)9-20-15(22)13(26-17(20)25)8-11-4-6-12(7-5-11)19(2)3/h4-8,10H,9H2,1-3H3,(H,18,21)(H,23,24)/b13-8-. The molecule has 0 saturated carbocycles. The maximum atomic E-state index is 12.5. The molecule has 1 atom stereocenters. The summed E-state index contributed by atoms with van der Waals surface area (Å²) < 4.78 is 0.268. The number of anilines is 1. The van der Waals surface area contributed by atoms with Crippen molar-refractivity contribution in [2.45, 2.75) is 13.0 Å². The number of thiocarbonyl (C=S) groups is 1.